The first-order valence-electron chi connectivity index (χ1n) is 11.5. The van der Waals surface area contributed by atoms with Crippen molar-refractivity contribution in [3.8, 4) is 17.2 Å². The second-order valence-corrected chi connectivity index (χ2v) is 8.30. The van der Waals surface area contributed by atoms with Crippen LogP contribution >= 0.6 is 0 Å². The van der Waals surface area contributed by atoms with Crippen molar-refractivity contribution in [3.63, 3.8) is 0 Å². The average Bonchev–Trinajstić information content (AvgIpc) is 3.63. The van der Waals surface area contributed by atoms with Crippen molar-refractivity contribution in [3.05, 3.63) is 66.0 Å². The van der Waals surface area contributed by atoms with Crippen molar-refractivity contribution in [2.24, 2.45) is 0 Å². The molecule has 2 aliphatic heterocycles. The minimum absolute atomic E-state index is 0.142. The molecule has 1 fully saturated rings. The summed E-state index contributed by atoms with van der Waals surface area (Å²) in [4.78, 5) is 38.3. The number of amides is 3. The van der Waals surface area contributed by atoms with Crippen LogP contribution in [0.2, 0.25) is 0 Å². The smallest absolute Gasteiger partial charge is 0.275 e. The number of para-hydroxylation sites is 1. The van der Waals surface area contributed by atoms with E-state index in [0.717, 1.165) is 5.69 Å². The first-order chi connectivity index (χ1) is 17.5. The first-order valence-corrected chi connectivity index (χ1v) is 11.5. The van der Waals surface area contributed by atoms with Crippen LogP contribution in [0.5, 0.6) is 11.5 Å². The number of fused-ring (bicyclic) bond motifs is 1. The molecule has 0 unspecified atom stereocenters. The Hall–Kier alpha value is -4.38. The third kappa shape index (κ3) is 4.73. The number of nitrogens with one attached hydrogen (secondary N) is 1. The molecule has 0 radical (unpaired) electrons. The summed E-state index contributed by atoms with van der Waals surface area (Å²) in [6.07, 6.45) is 2.16. The molecule has 3 heterocycles. The van der Waals surface area contributed by atoms with Crippen molar-refractivity contribution in [1.29, 1.82) is 0 Å². The molecule has 0 saturated carbocycles. The number of carbonyl (C=O) groups is 3. The molecule has 11 nitrogen and oxygen atoms in total. The third-order valence-electron chi connectivity index (χ3n) is 5.91. The van der Waals surface area contributed by atoms with Gasteiger partial charge in [0, 0.05) is 24.8 Å². The predicted molar refractivity (Wildman–Crippen MR) is 128 cm³/mol. The highest BCUT2D eigenvalue weighted by Gasteiger charge is 2.33. The van der Waals surface area contributed by atoms with Crippen molar-refractivity contribution in [2.45, 2.75) is 13.3 Å². The molecule has 0 bridgehead atoms. The molecule has 1 saturated heterocycles. The molecule has 0 aliphatic carbocycles. The molecule has 0 spiro atoms. The van der Waals surface area contributed by atoms with Crippen LogP contribution in [0.3, 0.4) is 0 Å². The van der Waals surface area contributed by atoms with Gasteiger partial charge in [0.05, 0.1) is 23.1 Å². The summed E-state index contributed by atoms with van der Waals surface area (Å²) in [7, 11) is 0. The fourth-order valence-electron chi connectivity index (χ4n) is 4.15. The zero-order valence-corrected chi connectivity index (χ0v) is 19.7. The summed E-state index contributed by atoms with van der Waals surface area (Å²) in [5.74, 6) is 0.0419. The molecule has 3 amide bonds. The van der Waals surface area contributed by atoms with Crippen LogP contribution in [0.1, 0.15) is 22.5 Å². The Morgan fingerprint density at radius 3 is 2.61 bits per heavy atom. The van der Waals surface area contributed by atoms with Gasteiger partial charge in [-0.15, -0.1) is 0 Å². The highest BCUT2D eigenvalue weighted by molar-refractivity contribution is 5.97. The van der Waals surface area contributed by atoms with Gasteiger partial charge in [0.15, 0.2) is 11.5 Å². The first kappa shape index (κ1) is 23.4. The number of rotatable bonds is 7. The van der Waals surface area contributed by atoms with Gasteiger partial charge in [-0.3, -0.25) is 14.4 Å². The lowest BCUT2D eigenvalue weighted by Crippen LogP contribution is -2.46. The number of nitrogens with zero attached hydrogens (tertiary/aromatic N) is 4. The summed E-state index contributed by atoms with van der Waals surface area (Å²) < 4.78 is 17.6. The summed E-state index contributed by atoms with van der Waals surface area (Å²) in [5, 5.41) is 9.83. The maximum Gasteiger partial charge on any atom is 0.275 e. The molecule has 36 heavy (non-hydrogen) atoms. The second-order valence-electron chi connectivity index (χ2n) is 8.30. The second kappa shape index (κ2) is 10.1. The molecule has 0 atom stereocenters. The third-order valence-corrected chi connectivity index (χ3v) is 5.91. The Balaban J connectivity index is 1.15. The van der Waals surface area contributed by atoms with Crippen LogP contribution in [0.15, 0.2) is 54.7 Å². The van der Waals surface area contributed by atoms with Crippen molar-refractivity contribution in [1.82, 2.24) is 19.8 Å². The molecule has 5 rings (SSSR count). The van der Waals surface area contributed by atoms with E-state index in [9.17, 15) is 14.4 Å². The van der Waals surface area contributed by atoms with Crippen LogP contribution in [0, 0.1) is 6.92 Å². The Kier molecular flexibility index (Phi) is 6.54. The van der Waals surface area contributed by atoms with Crippen LogP contribution in [0.25, 0.3) is 5.69 Å². The monoisotopic (exact) mass is 491 g/mol. The highest BCUT2D eigenvalue weighted by atomic mass is 16.7. The predicted octanol–water partition coefficient (Wildman–Crippen LogP) is 2.15. The Labute approximate surface area is 207 Å². The molecule has 3 aromatic rings. The normalized spacial score (nSPS) is 14.2. The summed E-state index contributed by atoms with van der Waals surface area (Å²) >= 11 is 0. The van der Waals surface area contributed by atoms with E-state index in [0.29, 0.717) is 48.0 Å². The number of hydrazine groups is 1. The number of carbonyl (C=O) groups excluding carboxylic acids is 3. The van der Waals surface area contributed by atoms with Crippen LogP contribution < -0.4 is 14.8 Å². The van der Waals surface area contributed by atoms with Gasteiger partial charge in [0.1, 0.15) is 13.2 Å². The molecular formula is C25H25N5O6. The number of hydrogen-bond donors (Lipinski definition) is 1. The number of hydrogen-bond acceptors (Lipinski definition) is 7. The number of benzene rings is 2. The summed E-state index contributed by atoms with van der Waals surface area (Å²) in [6.45, 7) is 2.11. The minimum Gasteiger partial charge on any atom is -0.454 e. The van der Waals surface area contributed by atoms with Crippen molar-refractivity contribution in [2.75, 3.05) is 38.4 Å². The molecule has 2 aromatic carbocycles. The number of ether oxygens (including phenoxy) is 3. The lowest BCUT2D eigenvalue weighted by atomic mass is 10.2. The zero-order chi connectivity index (χ0) is 25.1. The average molecular weight is 492 g/mol. The Morgan fingerprint density at radius 2 is 1.78 bits per heavy atom. The van der Waals surface area contributed by atoms with Crippen LogP contribution in [0.4, 0.5) is 5.69 Å². The Bertz CT molecular complexity index is 1290. The van der Waals surface area contributed by atoms with Gasteiger partial charge in [-0.25, -0.2) is 14.7 Å². The summed E-state index contributed by atoms with van der Waals surface area (Å²) in [5.41, 5.74) is 2.47. The van der Waals surface area contributed by atoms with Gasteiger partial charge in [-0.2, -0.15) is 5.10 Å². The highest BCUT2D eigenvalue weighted by Crippen LogP contribution is 2.34. The van der Waals surface area contributed by atoms with Crippen LogP contribution in [-0.4, -0.2) is 70.6 Å². The minimum atomic E-state index is -0.417. The molecule has 1 aromatic heterocycles. The maximum absolute atomic E-state index is 13.2. The van der Waals surface area contributed by atoms with E-state index >= 15 is 0 Å². The number of anilines is 1. The molecule has 2 aliphatic rings. The van der Waals surface area contributed by atoms with Gasteiger partial charge < -0.3 is 19.5 Å². The molecule has 186 valence electrons. The lowest BCUT2D eigenvalue weighted by Gasteiger charge is -2.27. The van der Waals surface area contributed by atoms with Gasteiger partial charge in [0.2, 0.25) is 12.7 Å². The van der Waals surface area contributed by atoms with Gasteiger partial charge in [-0.05, 0) is 37.6 Å². The van der Waals surface area contributed by atoms with E-state index in [4.69, 9.17) is 14.2 Å². The van der Waals surface area contributed by atoms with E-state index in [1.54, 1.807) is 22.9 Å². The molecular weight excluding hydrogens is 466 g/mol. The summed E-state index contributed by atoms with van der Waals surface area (Å²) in [6, 6.07) is 14.5. The van der Waals surface area contributed by atoms with E-state index in [1.807, 2.05) is 37.3 Å². The zero-order valence-electron chi connectivity index (χ0n) is 19.7. The quantitative estimate of drug-likeness (QED) is 0.539. The van der Waals surface area contributed by atoms with E-state index in [-0.39, 0.29) is 25.9 Å². The van der Waals surface area contributed by atoms with Crippen molar-refractivity contribution >= 4 is 23.4 Å². The van der Waals surface area contributed by atoms with Crippen molar-refractivity contribution < 1.29 is 28.6 Å². The standard InChI is InChI=1S/C25H25N5O6/c1-17-20(13-26-30(17)19-6-3-2-4-7-19)25(33)29-11-5-10-28(29)24(32)15-34-14-23(31)27-18-8-9-21-22(12-18)36-16-35-21/h2-4,6-9,12-13H,5,10-11,14-16H2,1H3,(H,27,31). The maximum atomic E-state index is 13.2. The van der Waals surface area contributed by atoms with E-state index in [1.165, 1.54) is 16.2 Å². The largest absolute Gasteiger partial charge is 0.454 e. The van der Waals surface area contributed by atoms with Crippen LogP contribution in [-0.2, 0) is 14.3 Å². The fraction of sp³-hybridized carbons (Fsp3) is 0.280. The molecule has 11 heteroatoms. The van der Waals surface area contributed by atoms with Gasteiger partial charge in [0.25, 0.3) is 11.8 Å². The topological polar surface area (TPSA) is 115 Å². The van der Waals surface area contributed by atoms with E-state index in [2.05, 4.69) is 10.4 Å². The lowest BCUT2D eigenvalue weighted by molar-refractivity contribution is -0.146. The van der Waals surface area contributed by atoms with E-state index < -0.39 is 11.8 Å². The number of aromatic nitrogens is 2. The van der Waals surface area contributed by atoms with Gasteiger partial charge in [-0.1, -0.05) is 18.2 Å². The molecule has 1 N–H and O–H groups in total. The Morgan fingerprint density at radius 1 is 1.00 bits per heavy atom. The SMILES string of the molecule is Cc1c(C(=O)N2CCCN2C(=O)COCC(=O)Nc2ccc3c(c2)OCO3)cnn1-c1ccccc1. The fourth-order valence-corrected chi connectivity index (χ4v) is 4.15. The van der Waals surface area contributed by atoms with Gasteiger partial charge >= 0.3 is 0 Å².